The standard InChI is InChI=1S/C68H80Cl2N10O24/c1-25(2)14-36(73-5)59(91)79-51-53(87)28-7-10-40(34(69)16-28)99-42-18-30-19-43(57(42)104-67-58(56(90)55(89)44(24-82)101-67)102-46-23-68(4,72)26(3)66(98)103-46)100-41-11-8-29(17-35(41)70)54(88)52-65(97)78-50(61(93)74-12-13-81)33-20-31(83)21-39(85)47(33)32-15-27(6-9-38(32)84)48(62(94)80-52)77-63(95)49(30)76-60(92)37(22-45(71)86)75-64(51)96/h6-11,15-21,25-26,36-37,44,46,48-56,58,66-67,73,81-85,87-90,98H,12-14,22-24,72H2,1-5H3,(H2,71,86)(H,74,93)(H,75,96)(H,76,92)(H,77,95)(H,78,97)(H,79,91)(H,80,94)/t26-,36-,37+,44+,46-,48-,49-,50-,51-,52+,53-,54-,55+,56-,58+,66-,67-,68+/m1/s1. The molecular formula is C68H80Cl2N10O24. The van der Waals surface area contributed by atoms with E-state index in [1.165, 1.54) is 19.2 Å². The molecule has 0 spiro atoms. The zero-order valence-corrected chi connectivity index (χ0v) is 57.8. The van der Waals surface area contributed by atoms with Crippen LogP contribution in [-0.2, 0) is 52.6 Å². The van der Waals surface area contributed by atoms with Gasteiger partial charge in [0.25, 0.3) is 0 Å². The third-order valence-electron chi connectivity index (χ3n) is 18.5. The third kappa shape index (κ3) is 16.6. The number of nitrogens with two attached hydrogens (primary N) is 2. The number of likely N-dealkylation sites (N-methyl/N-ethyl adjacent to an activating group) is 1. The van der Waals surface area contributed by atoms with E-state index in [0.29, 0.717) is 0 Å². The van der Waals surface area contributed by atoms with Crippen LogP contribution in [0.15, 0.2) is 78.9 Å². The number of hydrogen-bond donors (Lipinski definition) is 20. The fraction of sp³-hybridized carbons (Fsp3) is 0.441. The van der Waals surface area contributed by atoms with Crippen molar-refractivity contribution in [3.63, 3.8) is 0 Å². The van der Waals surface area contributed by atoms with Gasteiger partial charge in [-0.15, -0.1) is 0 Å². The Kier molecular flexibility index (Phi) is 23.8. The van der Waals surface area contributed by atoms with E-state index in [4.69, 9.17) is 63.1 Å². The van der Waals surface area contributed by atoms with Crippen LogP contribution in [0.5, 0.6) is 46.0 Å². The van der Waals surface area contributed by atoms with Crippen molar-refractivity contribution in [2.24, 2.45) is 23.3 Å². The number of benzene rings is 5. The molecule has 34 nitrogen and oxygen atoms in total. The first-order valence-electron chi connectivity index (χ1n) is 32.8. The Morgan fingerprint density at radius 2 is 1.33 bits per heavy atom. The Bertz CT molecular complexity index is 4140. The molecule has 18 atom stereocenters. The number of primary amides is 1. The van der Waals surface area contributed by atoms with Gasteiger partial charge in [-0.25, -0.2) is 0 Å². The number of aliphatic hydroxyl groups is 7. The molecule has 560 valence electrons. The number of aromatic hydroxyl groups is 3. The smallest absolute Gasteiger partial charge is 0.248 e. The van der Waals surface area contributed by atoms with E-state index in [1.807, 2.05) is 13.8 Å². The first kappa shape index (κ1) is 77.4. The summed E-state index contributed by atoms with van der Waals surface area (Å²) in [5.74, 6) is -15.7. The van der Waals surface area contributed by atoms with Crippen LogP contribution in [-0.4, -0.2) is 198 Å². The van der Waals surface area contributed by atoms with Crippen molar-refractivity contribution in [3.8, 4) is 57.1 Å². The van der Waals surface area contributed by atoms with Crippen molar-refractivity contribution in [1.29, 1.82) is 0 Å². The first-order valence-corrected chi connectivity index (χ1v) is 33.6. The van der Waals surface area contributed by atoms with Crippen molar-refractivity contribution in [1.82, 2.24) is 42.5 Å². The highest BCUT2D eigenvalue weighted by atomic mass is 35.5. The highest BCUT2D eigenvalue weighted by Gasteiger charge is 2.51. The van der Waals surface area contributed by atoms with Crippen molar-refractivity contribution in [2.75, 3.05) is 26.8 Å². The number of nitrogens with one attached hydrogen (secondary N) is 8. The largest absolute Gasteiger partial charge is 0.508 e. The number of fused-ring (bicyclic) bond motifs is 15. The highest BCUT2D eigenvalue weighted by molar-refractivity contribution is 6.32. The van der Waals surface area contributed by atoms with Crippen LogP contribution in [0.3, 0.4) is 0 Å². The lowest BCUT2D eigenvalue weighted by atomic mass is 9.82. The van der Waals surface area contributed by atoms with E-state index >= 15 is 19.2 Å². The highest BCUT2D eigenvalue weighted by Crippen LogP contribution is 2.50. The van der Waals surface area contributed by atoms with E-state index in [-0.39, 0.29) is 46.2 Å². The van der Waals surface area contributed by atoms with Gasteiger partial charge in [0.05, 0.1) is 35.7 Å². The molecule has 0 aliphatic carbocycles. The number of rotatable bonds is 15. The molecule has 7 aliphatic heterocycles. The summed E-state index contributed by atoms with van der Waals surface area (Å²) in [6.07, 6.45) is -18.0. The van der Waals surface area contributed by atoms with Crippen molar-refractivity contribution in [2.45, 2.75) is 150 Å². The number of phenols is 3. The van der Waals surface area contributed by atoms with Crippen molar-refractivity contribution in [3.05, 3.63) is 117 Å². The summed E-state index contributed by atoms with van der Waals surface area (Å²) in [4.78, 5) is 119. The van der Waals surface area contributed by atoms with Gasteiger partial charge in [-0.1, -0.05) is 62.2 Å². The fourth-order valence-electron chi connectivity index (χ4n) is 12.6. The van der Waals surface area contributed by atoms with Gasteiger partial charge in [0.15, 0.2) is 30.2 Å². The van der Waals surface area contributed by atoms with Crippen LogP contribution in [0.1, 0.15) is 105 Å². The van der Waals surface area contributed by atoms with Crippen LogP contribution in [0.2, 0.25) is 10.0 Å². The number of halogens is 2. The average Bonchev–Trinajstić information content (AvgIpc) is 0.765. The van der Waals surface area contributed by atoms with E-state index in [9.17, 15) is 70.2 Å². The average molecular weight is 1490 g/mol. The molecule has 0 aromatic heterocycles. The minimum Gasteiger partial charge on any atom is -0.508 e. The number of amides is 8. The molecule has 36 heteroatoms. The summed E-state index contributed by atoms with van der Waals surface area (Å²) in [6, 6.07) is -0.0930. The Hall–Kier alpha value is -9.24. The monoisotopic (exact) mass is 1490 g/mol. The number of hydrogen-bond acceptors (Lipinski definition) is 26. The molecule has 0 saturated carbocycles. The maximum atomic E-state index is 16.1. The summed E-state index contributed by atoms with van der Waals surface area (Å²) in [7, 11) is 1.47. The minimum absolute atomic E-state index is 0.0991. The number of carbonyl (C=O) groups is 8. The van der Waals surface area contributed by atoms with Crippen LogP contribution in [0.25, 0.3) is 11.1 Å². The second kappa shape index (κ2) is 32.0. The molecule has 5 aromatic carbocycles. The third-order valence-corrected chi connectivity index (χ3v) is 19.1. The molecule has 2 saturated heterocycles. The maximum absolute atomic E-state index is 16.1. The van der Waals surface area contributed by atoms with E-state index < -0.39 is 250 Å². The van der Waals surface area contributed by atoms with Gasteiger partial charge in [0, 0.05) is 41.6 Å². The Balaban J connectivity index is 1.24. The summed E-state index contributed by atoms with van der Waals surface area (Å²) in [6.45, 7) is 4.82. The van der Waals surface area contributed by atoms with E-state index in [2.05, 4.69) is 42.5 Å². The van der Waals surface area contributed by atoms with Gasteiger partial charge < -0.3 is 133 Å². The van der Waals surface area contributed by atoms with E-state index in [0.717, 1.165) is 66.7 Å². The van der Waals surface area contributed by atoms with Crippen LogP contribution in [0, 0.1) is 11.8 Å². The number of carbonyl (C=O) groups excluding carboxylic acids is 8. The Labute approximate surface area is 602 Å². The van der Waals surface area contributed by atoms with Crippen LogP contribution >= 0.6 is 23.2 Å². The SMILES string of the molecule is CN[C@H](CC(C)C)C(=O)N[C@H]1C(=O)N[C@@H](CC(N)=O)C(=O)N[C@H]2C(=O)N[C@H]3C(=O)N[C@H](C(=O)N[C@@H](C(=O)NCCO)c4cc(O)cc(O)c4-c4cc3ccc4O)[C@H](O)c3ccc(c(Cl)c3)Oc3cc2cc(c3O[C@H]2O[C@@H](CO)[C@H](O)[C@@H](O)[C@@H]2O[C@H]2C[C@](C)(N)[C@H](C)[C@H](O)O2)Oc2ccc(cc2Cl)[C@H]1O. The lowest BCUT2D eigenvalue weighted by Gasteiger charge is -2.47. The minimum atomic E-state index is -2.35. The molecule has 2 fully saturated rings. The second-order valence-electron chi connectivity index (χ2n) is 26.4. The molecule has 5 aromatic rings. The van der Waals surface area contributed by atoms with Gasteiger partial charge in [-0.3, -0.25) is 38.4 Å². The van der Waals surface area contributed by atoms with Crippen LogP contribution < -0.4 is 68.2 Å². The zero-order valence-electron chi connectivity index (χ0n) is 56.2. The first-order chi connectivity index (χ1) is 49.2. The molecule has 104 heavy (non-hydrogen) atoms. The molecule has 12 rings (SSSR count). The molecule has 11 bridgehead atoms. The lowest BCUT2D eigenvalue weighted by molar-refractivity contribution is -0.348. The van der Waals surface area contributed by atoms with E-state index in [1.54, 1.807) is 13.8 Å². The van der Waals surface area contributed by atoms with Gasteiger partial charge in [-0.05, 0) is 109 Å². The van der Waals surface area contributed by atoms with Crippen molar-refractivity contribution >= 4 is 70.5 Å². The van der Waals surface area contributed by atoms with Crippen molar-refractivity contribution < 1.29 is 118 Å². The fourth-order valence-corrected chi connectivity index (χ4v) is 13.1. The quantitative estimate of drug-likeness (QED) is 0.0618. The van der Waals surface area contributed by atoms with Gasteiger partial charge in [0.1, 0.15) is 95.5 Å². The summed E-state index contributed by atoms with van der Waals surface area (Å²) in [5, 5.41) is 133. The number of ether oxygens (including phenoxy) is 6. The topological polar surface area (TPSA) is 543 Å². The number of aliphatic hydroxyl groups excluding tert-OH is 7. The molecule has 0 unspecified atom stereocenters. The predicted molar refractivity (Wildman–Crippen MR) is 361 cm³/mol. The molecule has 8 amide bonds. The molecule has 7 aliphatic rings. The summed E-state index contributed by atoms with van der Waals surface area (Å²) >= 11 is 14.2. The van der Waals surface area contributed by atoms with Gasteiger partial charge >= 0.3 is 0 Å². The summed E-state index contributed by atoms with van der Waals surface area (Å²) in [5.41, 5.74) is 8.63. The van der Waals surface area contributed by atoms with Crippen LogP contribution in [0.4, 0.5) is 0 Å². The molecule has 0 radical (unpaired) electrons. The normalized spacial score (nSPS) is 28.9. The predicted octanol–water partition coefficient (Wildman–Crippen LogP) is -0.665. The molecular weight excluding hydrogens is 1410 g/mol. The Morgan fingerprint density at radius 3 is 1.92 bits per heavy atom. The molecule has 22 N–H and O–H groups in total. The summed E-state index contributed by atoms with van der Waals surface area (Å²) < 4.78 is 38.1. The number of phenolic OH excluding ortho intramolecular Hbond substituents is 3. The van der Waals surface area contributed by atoms with Gasteiger partial charge in [0.2, 0.25) is 59.3 Å². The van der Waals surface area contributed by atoms with Gasteiger partial charge in [-0.2, -0.15) is 0 Å². The lowest BCUT2D eigenvalue weighted by Crippen LogP contribution is -2.63. The maximum Gasteiger partial charge on any atom is 0.248 e. The zero-order chi connectivity index (χ0) is 75.7. The molecule has 7 heterocycles. The second-order valence-corrected chi connectivity index (χ2v) is 27.2. The Morgan fingerprint density at radius 1 is 0.712 bits per heavy atom.